The van der Waals surface area contributed by atoms with Crippen LogP contribution in [0.2, 0.25) is 0 Å². The van der Waals surface area contributed by atoms with E-state index in [2.05, 4.69) is 6.58 Å². The van der Waals surface area contributed by atoms with E-state index in [1.165, 1.54) is 13.8 Å². The van der Waals surface area contributed by atoms with Crippen LogP contribution in [0.5, 0.6) is 0 Å². The minimum absolute atomic E-state index is 0.185. The summed E-state index contributed by atoms with van der Waals surface area (Å²) in [5.74, 6) is -21.9. The van der Waals surface area contributed by atoms with Gasteiger partial charge in [0, 0.05) is 6.42 Å². The first kappa shape index (κ1) is 32.0. The zero-order chi connectivity index (χ0) is 26.8. The van der Waals surface area contributed by atoms with Crippen LogP contribution in [0.4, 0.5) is 39.5 Å². The molecule has 0 aliphatic rings. The molecule has 0 aromatic carbocycles. The van der Waals surface area contributed by atoms with Gasteiger partial charge in [-0.3, -0.25) is 9.59 Å². The van der Waals surface area contributed by atoms with E-state index < -0.39 is 60.6 Å². The molecule has 0 spiro atoms. The van der Waals surface area contributed by atoms with E-state index in [0.717, 1.165) is 0 Å². The van der Waals surface area contributed by atoms with Crippen molar-refractivity contribution in [2.75, 3.05) is 13.2 Å². The minimum Gasteiger partial charge on any atom is -0.465 e. The van der Waals surface area contributed by atoms with Crippen LogP contribution in [0.15, 0.2) is 12.7 Å². The number of carbonyl (C=O) groups is 2. The highest BCUT2D eigenvalue weighted by Crippen LogP contribution is 2.54. The van der Waals surface area contributed by atoms with Crippen LogP contribution in [-0.4, -0.2) is 49.1 Å². The van der Waals surface area contributed by atoms with Crippen molar-refractivity contribution in [1.29, 1.82) is 0 Å². The zero-order valence-electron chi connectivity index (χ0n) is 18.9. The molecule has 13 heteroatoms. The van der Waals surface area contributed by atoms with Crippen LogP contribution in [-0.2, 0) is 19.1 Å². The first-order valence-electron chi connectivity index (χ1n) is 10.6. The van der Waals surface area contributed by atoms with Gasteiger partial charge in [0.15, 0.2) is 5.41 Å². The standard InChI is InChI=1S/C21H29F9O4/c1-4-7-8-9-10-12-17(15(31)33-5-2,16(32)34-6-3)13-11-14-18(22,23)19(24,25)20(26,27)21(28,29)30/h4H,1,5-14H2,2-3H3. The van der Waals surface area contributed by atoms with Gasteiger partial charge in [0.1, 0.15) is 0 Å². The van der Waals surface area contributed by atoms with Crippen LogP contribution >= 0.6 is 0 Å². The van der Waals surface area contributed by atoms with Gasteiger partial charge in [0.2, 0.25) is 0 Å². The van der Waals surface area contributed by atoms with Crippen molar-refractivity contribution >= 4 is 11.9 Å². The highest BCUT2D eigenvalue weighted by Gasteiger charge is 2.81. The number of hydrogen-bond acceptors (Lipinski definition) is 4. The maximum atomic E-state index is 13.9. The number of allylic oxidation sites excluding steroid dienone is 1. The third kappa shape index (κ3) is 7.27. The van der Waals surface area contributed by atoms with Crippen molar-refractivity contribution in [2.45, 2.75) is 89.2 Å². The van der Waals surface area contributed by atoms with E-state index >= 15 is 0 Å². The van der Waals surface area contributed by atoms with Gasteiger partial charge in [-0.25, -0.2) is 0 Å². The van der Waals surface area contributed by atoms with Crippen molar-refractivity contribution < 1.29 is 58.6 Å². The van der Waals surface area contributed by atoms with E-state index in [9.17, 15) is 49.1 Å². The Bertz CT molecular complexity index is 658. The summed E-state index contributed by atoms with van der Waals surface area (Å²) in [5, 5.41) is 0. The Morgan fingerprint density at radius 1 is 0.706 bits per heavy atom. The molecule has 0 saturated heterocycles. The number of unbranched alkanes of at least 4 members (excludes halogenated alkanes) is 3. The molecule has 0 bridgehead atoms. The van der Waals surface area contributed by atoms with Gasteiger partial charge in [-0.15, -0.1) is 6.58 Å². The Morgan fingerprint density at radius 3 is 1.59 bits per heavy atom. The number of hydrogen-bond donors (Lipinski definition) is 0. The summed E-state index contributed by atoms with van der Waals surface area (Å²) in [7, 11) is 0. The smallest absolute Gasteiger partial charge is 0.460 e. The van der Waals surface area contributed by atoms with Gasteiger partial charge >= 0.3 is 35.9 Å². The van der Waals surface area contributed by atoms with Crippen molar-refractivity contribution in [3.8, 4) is 0 Å². The lowest BCUT2D eigenvalue weighted by Crippen LogP contribution is -2.60. The summed E-state index contributed by atoms with van der Waals surface area (Å²) in [6.07, 6.45) is -7.96. The van der Waals surface area contributed by atoms with Crippen molar-refractivity contribution in [1.82, 2.24) is 0 Å². The monoisotopic (exact) mass is 516 g/mol. The molecule has 4 nitrogen and oxygen atoms in total. The molecule has 0 saturated carbocycles. The number of esters is 2. The molecule has 0 atom stereocenters. The molecule has 0 aromatic rings. The number of ether oxygens (including phenoxy) is 2. The highest BCUT2D eigenvalue weighted by molar-refractivity contribution is 6.00. The van der Waals surface area contributed by atoms with E-state index in [0.29, 0.717) is 19.3 Å². The summed E-state index contributed by atoms with van der Waals surface area (Å²) in [6, 6.07) is 0. The summed E-state index contributed by atoms with van der Waals surface area (Å²) in [5.41, 5.74) is -2.21. The summed E-state index contributed by atoms with van der Waals surface area (Å²) in [6.45, 7) is 5.82. The topological polar surface area (TPSA) is 52.6 Å². The fourth-order valence-corrected chi connectivity index (χ4v) is 3.22. The predicted molar refractivity (Wildman–Crippen MR) is 104 cm³/mol. The van der Waals surface area contributed by atoms with Crippen molar-refractivity contribution in [2.24, 2.45) is 5.41 Å². The fourth-order valence-electron chi connectivity index (χ4n) is 3.22. The average molecular weight is 516 g/mol. The first-order chi connectivity index (χ1) is 15.5. The molecule has 34 heavy (non-hydrogen) atoms. The predicted octanol–water partition coefficient (Wildman–Crippen LogP) is 6.87. The molecule has 0 rings (SSSR count). The average Bonchev–Trinajstić information content (AvgIpc) is 2.71. The maximum absolute atomic E-state index is 13.9. The van der Waals surface area contributed by atoms with Gasteiger partial charge in [0.25, 0.3) is 0 Å². The van der Waals surface area contributed by atoms with Gasteiger partial charge in [0.05, 0.1) is 13.2 Å². The number of alkyl halides is 9. The maximum Gasteiger partial charge on any atom is 0.460 e. The fraction of sp³-hybridized carbons (Fsp3) is 0.810. The first-order valence-corrected chi connectivity index (χ1v) is 10.6. The molecule has 0 unspecified atom stereocenters. The van der Waals surface area contributed by atoms with Crippen LogP contribution in [0.1, 0.15) is 65.2 Å². The van der Waals surface area contributed by atoms with Gasteiger partial charge in [-0.05, 0) is 46.0 Å². The molecule has 0 N–H and O–H groups in total. The molecule has 0 amide bonds. The highest BCUT2D eigenvalue weighted by atomic mass is 19.4. The Hall–Kier alpha value is -1.95. The van der Waals surface area contributed by atoms with E-state index in [1.807, 2.05) is 0 Å². The van der Waals surface area contributed by atoms with Gasteiger partial charge < -0.3 is 9.47 Å². The van der Waals surface area contributed by atoms with Crippen LogP contribution in [0, 0.1) is 5.41 Å². The number of rotatable bonds is 16. The minimum atomic E-state index is -7.01. The van der Waals surface area contributed by atoms with Crippen LogP contribution < -0.4 is 0 Å². The summed E-state index contributed by atoms with van der Waals surface area (Å²) in [4.78, 5) is 25.2. The third-order valence-electron chi connectivity index (χ3n) is 5.15. The summed E-state index contributed by atoms with van der Waals surface area (Å²) < 4.78 is 128. The van der Waals surface area contributed by atoms with E-state index in [4.69, 9.17) is 9.47 Å². The molecule has 0 radical (unpaired) electrons. The Kier molecular flexibility index (Phi) is 11.9. The molecule has 0 heterocycles. The lowest BCUT2D eigenvalue weighted by atomic mass is 9.77. The SMILES string of the molecule is C=CCCCCCC(CCCC(F)(F)C(F)(F)C(F)(F)C(F)(F)F)(C(=O)OCC)C(=O)OCC. The van der Waals surface area contributed by atoms with Gasteiger partial charge in [-0.1, -0.05) is 18.9 Å². The van der Waals surface area contributed by atoms with Crippen LogP contribution in [0.25, 0.3) is 0 Å². The van der Waals surface area contributed by atoms with Crippen molar-refractivity contribution in [3.05, 3.63) is 12.7 Å². The second kappa shape index (κ2) is 12.7. The van der Waals surface area contributed by atoms with E-state index in [1.54, 1.807) is 6.08 Å². The molecule has 0 aliphatic heterocycles. The molecular formula is C21H29F9O4. The normalized spacial score (nSPS) is 13.5. The largest absolute Gasteiger partial charge is 0.465 e. The lowest BCUT2D eigenvalue weighted by Gasteiger charge is -2.34. The lowest BCUT2D eigenvalue weighted by molar-refractivity contribution is -0.396. The third-order valence-corrected chi connectivity index (χ3v) is 5.15. The quantitative estimate of drug-likeness (QED) is 0.0739. The number of halogens is 9. The van der Waals surface area contributed by atoms with Crippen LogP contribution in [0.3, 0.4) is 0 Å². The zero-order valence-corrected chi connectivity index (χ0v) is 18.9. The second-order valence-electron chi connectivity index (χ2n) is 7.62. The molecule has 200 valence electrons. The Balaban J connectivity index is 5.83. The summed E-state index contributed by atoms with van der Waals surface area (Å²) >= 11 is 0. The Morgan fingerprint density at radius 2 is 1.18 bits per heavy atom. The Labute approximate surface area is 191 Å². The molecule has 0 fully saturated rings. The van der Waals surface area contributed by atoms with E-state index in [-0.39, 0.29) is 26.1 Å². The van der Waals surface area contributed by atoms with Crippen molar-refractivity contribution in [3.63, 3.8) is 0 Å². The second-order valence-corrected chi connectivity index (χ2v) is 7.62. The molecular weight excluding hydrogens is 487 g/mol. The number of carbonyl (C=O) groups excluding carboxylic acids is 2. The molecule has 0 aliphatic carbocycles. The molecule has 0 aromatic heterocycles. The van der Waals surface area contributed by atoms with Gasteiger partial charge in [-0.2, -0.15) is 39.5 Å².